The second-order valence-electron chi connectivity index (χ2n) is 5.38. The Bertz CT molecular complexity index is 749. The first-order valence-corrected chi connectivity index (χ1v) is 7.19. The van der Waals surface area contributed by atoms with E-state index in [0.29, 0.717) is 11.3 Å². The average molecular weight is 300 g/mol. The van der Waals surface area contributed by atoms with Crippen molar-refractivity contribution in [3.63, 3.8) is 0 Å². The maximum atomic E-state index is 12.4. The monoisotopic (exact) mass is 300 g/mol. The maximum Gasteiger partial charge on any atom is 0.336 e. The highest BCUT2D eigenvalue weighted by Gasteiger charge is 2.24. The number of aromatic nitrogens is 1. The van der Waals surface area contributed by atoms with Crippen LogP contribution in [0.2, 0.25) is 0 Å². The number of nitrogens with zero attached hydrogens (tertiary/aromatic N) is 1. The molecule has 114 valence electrons. The lowest BCUT2D eigenvalue weighted by atomic mass is 9.96. The van der Waals surface area contributed by atoms with E-state index in [1.165, 1.54) is 6.07 Å². The SMILES string of the molecule is Cc1c(NC(=O)c2onc3c2CCCC3)cccc1C(=O)O. The predicted molar refractivity (Wildman–Crippen MR) is 79.2 cm³/mol. The predicted octanol–water partition coefficient (Wildman–Crippen LogP) is 2.81. The van der Waals surface area contributed by atoms with E-state index in [4.69, 9.17) is 9.63 Å². The normalized spacial score (nSPS) is 13.5. The van der Waals surface area contributed by atoms with Gasteiger partial charge < -0.3 is 14.9 Å². The van der Waals surface area contributed by atoms with Crippen LogP contribution < -0.4 is 5.32 Å². The molecule has 0 spiro atoms. The number of amides is 1. The Morgan fingerprint density at radius 2 is 2.05 bits per heavy atom. The second kappa shape index (κ2) is 5.63. The van der Waals surface area contributed by atoms with Crippen LogP contribution in [0.1, 0.15) is 50.6 Å². The quantitative estimate of drug-likeness (QED) is 0.909. The standard InChI is InChI=1S/C16H16N2O4/c1-9-10(16(20)21)6-4-8-12(9)17-15(19)14-11-5-2-3-7-13(11)18-22-14/h4,6,8H,2-3,5,7H2,1H3,(H,17,19)(H,20,21). The van der Waals surface area contributed by atoms with Gasteiger partial charge in [-0.15, -0.1) is 0 Å². The van der Waals surface area contributed by atoms with E-state index in [1.54, 1.807) is 19.1 Å². The van der Waals surface area contributed by atoms with Gasteiger partial charge in [0.1, 0.15) is 0 Å². The van der Waals surface area contributed by atoms with Gasteiger partial charge in [-0.1, -0.05) is 11.2 Å². The first-order valence-electron chi connectivity index (χ1n) is 7.19. The van der Waals surface area contributed by atoms with Gasteiger partial charge in [-0.25, -0.2) is 4.79 Å². The summed E-state index contributed by atoms with van der Waals surface area (Å²) in [4.78, 5) is 23.5. The molecule has 1 amide bonds. The molecule has 6 heteroatoms. The molecule has 1 heterocycles. The molecule has 3 rings (SSSR count). The number of hydrogen-bond donors (Lipinski definition) is 2. The van der Waals surface area contributed by atoms with Crippen LogP contribution in [-0.2, 0) is 12.8 Å². The van der Waals surface area contributed by atoms with Crippen molar-refractivity contribution in [2.45, 2.75) is 32.6 Å². The van der Waals surface area contributed by atoms with Gasteiger partial charge in [-0.2, -0.15) is 0 Å². The highest BCUT2D eigenvalue weighted by atomic mass is 16.5. The molecular formula is C16H16N2O4. The third kappa shape index (κ3) is 2.47. The molecular weight excluding hydrogens is 284 g/mol. The van der Waals surface area contributed by atoms with Crippen LogP contribution in [0, 0.1) is 6.92 Å². The largest absolute Gasteiger partial charge is 0.478 e. The van der Waals surface area contributed by atoms with Crippen LogP contribution in [0.5, 0.6) is 0 Å². The number of hydrogen-bond acceptors (Lipinski definition) is 4. The van der Waals surface area contributed by atoms with Gasteiger partial charge in [0.05, 0.1) is 11.3 Å². The Morgan fingerprint density at radius 1 is 1.27 bits per heavy atom. The topological polar surface area (TPSA) is 92.4 Å². The lowest BCUT2D eigenvalue weighted by Gasteiger charge is -2.11. The maximum absolute atomic E-state index is 12.4. The molecule has 1 aliphatic carbocycles. The molecule has 2 aromatic rings. The number of fused-ring (bicyclic) bond motifs is 1. The van der Waals surface area contributed by atoms with Crippen LogP contribution in [0.25, 0.3) is 0 Å². The molecule has 22 heavy (non-hydrogen) atoms. The van der Waals surface area contributed by atoms with Gasteiger partial charge in [-0.3, -0.25) is 4.79 Å². The minimum atomic E-state index is -1.02. The van der Waals surface area contributed by atoms with E-state index in [2.05, 4.69) is 10.5 Å². The van der Waals surface area contributed by atoms with Gasteiger partial charge in [0, 0.05) is 11.3 Å². The fraction of sp³-hybridized carbons (Fsp3) is 0.312. The van der Waals surface area contributed by atoms with Gasteiger partial charge in [0.15, 0.2) is 0 Å². The fourth-order valence-electron chi connectivity index (χ4n) is 2.75. The van der Waals surface area contributed by atoms with Crippen LogP contribution in [-0.4, -0.2) is 22.1 Å². The average Bonchev–Trinajstić information content (AvgIpc) is 2.93. The summed E-state index contributed by atoms with van der Waals surface area (Å²) in [6.07, 6.45) is 3.69. The molecule has 0 aliphatic heterocycles. The lowest BCUT2D eigenvalue weighted by molar-refractivity contribution is 0.0695. The molecule has 1 aromatic heterocycles. The number of aryl methyl sites for hydroxylation is 1. The Morgan fingerprint density at radius 3 is 2.82 bits per heavy atom. The lowest BCUT2D eigenvalue weighted by Crippen LogP contribution is -2.16. The van der Waals surface area contributed by atoms with Gasteiger partial charge >= 0.3 is 5.97 Å². The molecule has 0 atom stereocenters. The summed E-state index contributed by atoms with van der Waals surface area (Å²) >= 11 is 0. The van der Waals surface area contributed by atoms with Crippen molar-refractivity contribution in [3.8, 4) is 0 Å². The minimum Gasteiger partial charge on any atom is -0.478 e. The molecule has 0 saturated carbocycles. The Hall–Kier alpha value is -2.63. The Balaban J connectivity index is 1.88. The second-order valence-corrected chi connectivity index (χ2v) is 5.38. The van der Waals surface area contributed by atoms with E-state index < -0.39 is 5.97 Å². The van der Waals surface area contributed by atoms with Crippen molar-refractivity contribution < 1.29 is 19.2 Å². The van der Waals surface area contributed by atoms with Crippen molar-refractivity contribution in [2.75, 3.05) is 5.32 Å². The highest BCUT2D eigenvalue weighted by Crippen LogP contribution is 2.25. The van der Waals surface area contributed by atoms with Gasteiger partial charge in [0.2, 0.25) is 5.76 Å². The van der Waals surface area contributed by atoms with Gasteiger partial charge in [-0.05, 0) is 50.3 Å². The van der Waals surface area contributed by atoms with Crippen molar-refractivity contribution in [3.05, 3.63) is 46.3 Å². The Kier molecular flexibility index (Phi) is 3.66. The van der Waals surface area contributed by atoms with E-state index in [9.17, 15) is 9.59 Å². The zero-order chi connectivity index (χ0) is 15.7. The van der Waals surface area contributed by atoms with Crippen LogP contribution in [0.15, 0.2) is 22.7 Å². The van der Waals surface area contributed by atoms with E-state index in [-0.39, 0.29) is 17.2 Å². The van der Waals surface area contributed by atoms with Crippen molar-refractivity contribution >= 4 is 17.6 Å². The van der Waals surface area contributed by atoms with Gasteiger partial charge in [0.25, 0.3) is 5.91 Å². The number of aromatic carboxylic acids is 1. The summed E-state index contributed by atoms with van der Waals surface area (Å²) in [5, 5.41) is 15.8. The third-order valence-corrected chi connectivity index (χ3v) is 3.98. The van der Waals surface area contributed by atoms with Crippen molar-refractivity contribution in [1.82, 2.24) is 5.16 Å². The van der Waals surface area contributed by atoms with Crippen molar-refractivity contribution in [1.29, 1.82) is 0 Å². The van der Waals surface area contributed by atoms with E-state index >= 15 is 0 Å². The summed E-state index contributed by atoms with van der Waals surface area (Å²) in [6, 6.07) is 4.77. The van der Waals surface area contributed by atoms with E-state index in [0.717, 1.165) is 36.9 Å². The molecule has 0 bridgehead atoms. The number of anilines is 1. The molecule has 0 radical (unpaired) electrons. The zero-order valence-electron chi connectivity index (χ0n) is 12.2. The molecule has 0 fully saturated rings. The summed E-state index contributed by atoms with van der Waals surface area (Å²) in [7, 11) is 0. The first-order chi connectivity index (χ1) is 10.6. The zero-order valence-corrected chi connectivity index (χ0v) is 12.2. The smallest absolute Gasteiger partial charge is 0.336 e. The Labute approximate surface area is 127 Å². The molecule has 1 aliphatic rings. The number of carbonyl (C=O) groups is 2. The minimum absolute atomic E-state index is 0.164. The van der Waals surface area contributed by atoms with Crippen LogP contribution in [0.4, 0.5) is 5.69 Å². The fourth-order valence-corrected chi connectivity index (χ4v) is 2.75. The molecule has 0 saturated heterocycles. The number of benzene rings is 1. The number of carboxylic acids is 1. The molecule has 2 N–H and O–H groups in total. The summed E-state index contributed by atoms with van der Waals surface area (Å²) in [5.41, 5.74) is 2.86. The van der Waals surface area contributed by atoms with E-state index in [1.807, 2.05) is 0 Å². The summed E-state index contributed by atoms with van der Waals surface area (Å²) < 4.78 is 5.19. The number of rotatable bonds is 3. The van der Waals surface area contributed by atoms with Crippen LogP contribution in [0.3, 0.4) is 0 Å². The molecule has 6 nitrogen and oxygen atoms in total. The van der Waals surface area contributed by atoms with Crippen LogP contribution >= 0.6 is 0 Å². The highest BCUT2D eigenvalue weighted by molar-refractivity contribution is 6.04. The molecule has 1 aromatic carbocycles. The number of nitrogens with one attached hydrogen (secondary N) is 1. The number of carbonyl (C=O) groups excluding carboxylic acids is 1. The summed E-state index contributed by atoms with van der Waals surface area (Å²) in [5.74, 6) is -1.18. The third-order valence-electron chi connectivity index (χ3n) is 3.98. The first kappa shape index (κ1) is 14.3. The molecule has 0 unspecified atom stereocenters. The number of carboxylic acid groups (broad SMARTS) is 1. The summed E-state index contributed by atoms with van der Waals surface area (Å²) in [6.45, 7) is 1.66. The van der Waals surface area contributed by atoms with Crippen molar-refractivity contribution in [2.24, 2.45) is 0 Å².